The Morgan fingerprint density at radius 3 is 2.42 bits per heavy atom. The van der Waals surface area contributed by atoms with E-state index < -0.39 is 29.7 Å². The van der Waals surface area contributed by atoms with Crippen LogP contribution in [-0.2, 0) is 12.0 Å². The topological polar surface area (TPSA) is 116 Å². The van der Waals surface area contributed by atoms with E-state index in [0.29, 0.717) is 22.2 Å². The number of fused-ring (bicyclic) bond motifs is 2. The fourth-order valence-corrected chi connectivity index (χ4v) is 5.29. The summed E-state index contributed by atoms with van der Waals surface area (Å²) in [6.45, 7) is 5.31. The summed E-state index contributed by atoms with van der Waals surface area (Å²) in [6, 6.07) is 17.4. The highest BCUT2D eigenvalue weighted by atomic mass is 19.1. The van der Waals surface area contributed by atoms with E-state index in [2.05, 4.69) is 10.1 Å². The van der Waals surface area contributed by atoms with Gasteiger partial charge in [-0.05, 0) is 59.5 Å². The van der Waals surface area contributed by atoms with Gasteiger partial charge in [0.2, 0.25) is 0 Å². The van der Waals surface area contributed by atoms with Crippen LogP contribution in [0.3, 0.4) is 0 Å². The third-order valence-electron chi connectivity index (χ3n) is 7.54. The molecule has 0 atom stereocenters. The highest BCUT2D eigenvalue weighted by molar-refractivity contribution is 6.06. The number of carbonyl (C=O) groups is 1. The summed E-state index contributed by atoms with van der Waals surface area (Å²) < 4.78 is 32.6. The number of benzene rings is 3. The zero-order valence-corrected chi connectivity index (χ0v) is 23.6. The van der Waals surface area contributed by atoms with Crippen molar-refractivity contribution in [1.82, 2.24) is 19.3 Å². The zero-order chi connectivity index (χ0) is 30.6. The van der Waals surface area contributed by atoms with Crippen LogP contribution in [0.4, 0.5) is 8.78 Å². The number of hydrogen-bond donors (Lipinski definition) is 2. The lowest BCUT2D eigenvalue weighted by atomic mass is 9.86. The third-order valence-corrected chi connectivity index (χ3v) is 7.54. The summed E-state index contributed by atoms with van der Waals surface area (Å²) in [7, 11) is 0. The summed E-state index contributed by atoms with van der Waals surface area (Å²) in [6.07, 6.45) is 2.90. The van der Waals surface area contributed by atoms with Crippen molar-refractivity contribution in [2.75, 3.05) is 0 Å². The van der Waals surface area contributed by atoms with E-state index in [1.54, 1.807) is 59.2 Å². The molecule has 0 unspecified atom stereocenters. The van der Waals surface area contributed by atoms with Crippen LogP contribution in [0, 0.1) is 11.6 Å². The number of hydrogen-bond acceptors (Lipinski definition) is 5. The number of aromatic nitrogens is 4. The average Bonchev–Trinajstić information content (AvgIpc) is 3.35. The minimum absolute atomic E-state index is 0.129. The standard InChI is InChI=1S/C33H27F2N5O3/c1-33(2,3)19-13-18-15-37-40(32(43)29(18)25(35)14-19)28-10-6-9-27(23(28)17-41)39-16-22(30(36)42)20-11-12-26(38-31(20)39)21-7-4-5-8-24(21)34/h4-16,41H,17H2,1-3H3,(H2,36,42). The Kier molecular flexibility index (Phi) is 6.66. The van der Waals surface area contributed by atoms with Crippen molar-refractivity contribution in [3.05, 3.63) is 118 Å². The lowest BCUT2D eigenvalue weighted by Crippen LogP contribution is -2.24. The first kappa shape index (κ1) is 27.9. The molecule has 6 rings (SSSR count). The van der Waals surface area contributed by atoms with Crippen LogP contribution in [-0.4, -0.2) is 30.3 Å². The molecule has 6 aromatic rings. The van der Waals surface area contributed by atoms with E-state index >= 15 is 4.39 Å². The first-order valence-corrected chi connectivity index (χ1v) is 13.5. The third kappa shape index (κ3) is 4.65. The SMILES string of the molecule is CC(C)(C)c1cc(F)c2c(=O)n(-c3cccc(-n4cc(C(N)=O)c5ccc(-c6ccccc6F)nc54)c3CO)ncc2c1. The van der Waals surface area contributed by atoms with Gasteiger partial charge in [0.05, 0.1) is 40.8 Å². The summed E-state index contributed by atoms with van der Waals surface area (Å²) in [4.78, 5) is 30.7. The molecule has 43 heavy (non-hydrogen) atoms. The Labute approximate surface area is 244 Å². The Balaban J connectivity index is 1.59. The fraction of sp³-hybridized carbons (Fsp3) is 0.152. The molecule has 216 valence electrons. The fourth-order valence-electron chi connectivity index (χ4n) is 5.29. The minimum Gasteiger partial charge on any atom is -0.392 e. The van der Waals surface area contributed by atoms with Gasteiger partial charge in [0.25, 0.3) is 11.5 Å². The Bertz CT molecular complexity index is 2140. The molecule has 1 amide bonds. The van der Waals surface area contributed by atoms with Gasteiger partial charge in [0.15, 0.2) is 0 Å². The quantitative estimate of drug-likeness (QED) is 0.278. The van der Waals surface area contributed by atoms with Crippen molar-refractivity contribution >= 4 is 27.7 Å². The van der Waals surface area contributed by atoms with Gasteiger partial charge < -0.3 is 15.4 Å². The van der Waals surface area contributed by atoms with E-state index in [9.17, 15) is 19.1 Å². The predicted molar refractivity (Wildman–Crippen MR) is 160 cm³/mol. The molecule has 0 saturated heterocycles. The lowest BCUT2D eigenvalue weighted by molar-refractivity contribution is 0.100. The number of carbonyl (C=O) groups excluding carboxylic acids is 1. The van der Waals surface area contributed by atoms with Gasteiger partial charge in [0, 0.05) is 28.1 Å². The second-order valence-corrected chi connectivity index (χ2v) is 11.3. The van der Waals surface area contributed by atoms with E-state index in [-0.39, 0.29) is 38.8 Å². The summed E-state index contributed by atoms with van der Waals surface area (Å²) in [5, 5.41) is 15.5. The number of rotatable bonds is 5. The van der Waals surface area contributed by atoms with Gasteiger partial charge in [-0.2, -0.15) is 9.78 Å². The van der Waals surface area contributed by atoms with Crippen molar-refractivity contribution in [1.29, 1.82) is 0 Å². The molecule has 0 radical (unpaired) electrons. The summed E-state index contributed by atoms with van der Waals surface area (Å²) in [5.74, 6) is -1.84. The van der Waals surface area contributed by atoms with Gasteiger partial charge in [-0.1, -0.05) is 39.0 Å². The van der Waals surface area contributed by atoms with Crippen LogP contribution in [0.1, 0.15) is 42.3 Å². The van der Waals surface area contributed by atoms with Gasteiger partial charge in [-0.3, -0.25) is 9.59 Å². The number of aliphatic hydroxyl groups excluding tert-OH is 1. The molecular formula is C33H27F2N5O3. The molecule has 3 N–H and O–H groups in total. The molecule has 3 heterocycles. The first-order chi connectivity index (χ1) is 20.5. The van der Waals surface area contributed by atoms with Gasteiger partial charge in [-0.25, -0.2) is 13.8 Å². The minimum atomic E-state index is -0.705. The van der Waals surface area contributed by atoms with Gasteiger partial charge >= 0.3 is 0 Å². The molecule has 3 aromatic carbocycles. The lowest BCUT2D eigenvalue weighted by Gasteiger charge is -2.20. The maximum atomic E-state index is 15.3. The molecule has 0 bridgehead atoms. The molecule has 0 spiro atoms. The van der Waals surface area contributed by atoms with Crippen LogP contribution in [0.25, 0.3) is 44.4 Å². The number of nitrogens with two attached hydrogens (primary N) is 1. The largest absolute Gasteiger partial charge is 0.392 e. The highest BCUT2D eigenvalue weighted by Crippen LogP contribution is 2.32. The molecule has 0 aliphatic rings. The van der Waals surface area contributed by atoms with Crippen LogP contribution in [0.15, 0.2) is 83.9 Å². The van der Waals surface area contributed by atoms with E-state index in [1.807, 2.05) is 20.8 Å². The average molecular weight is 580 g/mol. The van der Waals surface area contributed by atoms with Crippen LogP contribution < -0.4 is 11.3 Å². The Hall–Kier alpha value is -5.22. The summed E-state index contributed by atoms with van der Waals surface area (Å²) >= 11 is 0. The molecule has 3 aromatic heterocycles. The summed E-state index contributed by atoms with van der Waals surface area (Å²) in [5.41, 5.74) is 7.22. The molecule has 0 saturated carbocycles. The Morgan fingerprint density at radius 1 is 0.977 bits per heavy atom. The van der Waals surface area contributed by atoms with E-state index in [0.717, 1.165) is 10.2 Å². The monoisotopic (exact) mass is 579 g/mol. The molecule has 0 aliphatic heterocycles. The molecular weight excluding hydrogens is 552 g/mol. The predicted octanol–water partition coefficient (Wildman–Crippen LogP) is 5.56. The molecule has 0 aliphatic carbocycles. The number of primary amides is 1. The van der Waals surface area contributed by atoms with Crippen LogP contribution >= 0.6 is 0 Å². The smallest absolute Gasteiger partial charge is 0.282 e. The molecule has 8 nitrogen and oxygen atoms in total. The van der Waals surface area contributed by atoms with Gasteiger partial charge in [-0.15, -0.1) is 0 Å². The van der Waals surface area contributed by atoms with Gasteiger partial charge in [0.1, 0.15) is 17.3 Å². The second kappa shape index (κ2) is 10.2. The molecule has 0 fully saturated rings. The number of nitrogens with zero attached hydrogens (tertiary/aromatic N) is 4. The number of halogens is 2. The highest BCUT2D eigenvalue weighted by Gasteiger charge is 2.22. The van der Waals surface area contributed by atoms with Crippen molar-refractivity contribution < 1.29 is 18.7 Å². The Morgan fingerprint density at radius 2 is 1.72 bits per heavy atom. The number of amides is 1. The maximum absolute atomic E-state index is 15.3. The first-order valence-electron chi connectivity index (χ1n) is 13.5. The van der Waals surface area contributed by atoms with Crippen molar-refractivity contribution in [3.63, 3.8) is 0 Å². The maximum Gasteiger partial charge on any atom is 0.282 e. The van der Waals surface area contributed by atoms with E-state index in [4.69, 9.17) is 5.73 Å². The van der Waals surface area contributed by atoms with Crippen molar-refractivity contribution in [2.24, 2.45) is 5.73 Å². The normalized spacial score (nSPS) is 11.9. The zero-order valence-electron chi connectivity index (χ0n) is 23.6. The van der Waals surface area contributed by atoms with Crippen molar-refractivity contribution in [3.8, 4) is 22.6 Å². The van der Waals surface area contributed by atoms with Crippen LogP contribution in [0.5, 0.6) is 0 Å². The van der Waals surface area contributed by atoms with Crippen LogP contribution in [0.2, 0.25) is 0 Å². The molecule has 10 heteroatoms. The number of pyridine rings is 1. The van der Waals surface area contributed by atoms with E-state index in [1.165, 1.54) is 24.5 Å². The van der Waals surface area contributed by atoms with Crippen molar-refractivity contribution in [2.45, 2.75) is 32.8 Å². The second-order valence-electron chi connectivity index (χ2n) is 11.3. The number of aliphatic hydroxyl groups is 1.